The number of hydrogen-bond acceptors (Lipinski definition) is 2. The number of nitrogens with zero attached hydrogens (tertiary/aromatic N) is 1. The molecule has 2 aliphatic carbocycles. The summed E-state index contributed by atoms with van der Waals surface area (Å²) in [6.45, 7) is 2.08. The molecule has 0 aromatic heterocycles. The molecule has 0 saturated heterocycles. The molecule has 1 aromatic carbocycles. The van der Waals surface area contributed by atoms with E-state index in [4.69, 9.17) is 0 Å². The molecule has 1 unspecified atom stereocenters. The fraction of sp³-hybridized carbons (Fsp3) is 0.500. The van der Waals surface area contributed by atoms with Gasteiger partial charge in [-0.05, 0) is 60.3 Å². The summed E-state index contributed by atoms with van der Waals surface area (Å²) < 4.78 is 14.3. The van der Waals surface area contributed by atoms with Crippen LogP contribution in [0.1, 0.15) is 47.9 Å². The lowest BCUT2D eigenvalue weighted by Crippen LogP contribution is -1.99. The first kappa shape index (κ1) is 10.7. The molecule has 88 valence electrons. The lowest BCUT2D eigenvalue weighted by molar-refractivity contribution is 0.565. The molecule has 3 rings (SSSR count). The molecular formula is C14H14FNO. The van der Waals surface area contributed by atoms with E-state index in [1.807, 2.05) is 0 Å². The van der Waals surface area contributed by atoms with E-state index in [9.17, 15) is 9.18 Å². The van der Waals surface area contributed by atoms with Gasteiger partial charge >= 0.3 is 0 Å². The highest BCUT2D eigenvalue weighted by atomic mass is 19.1. The van der Waals surface area contributed by atoms with E-state index in [1.54, 1.807) is 6.08 Å². The van der Waals surface area contributed by atoms with E-state index in [0.29, 0.717) is 5.92 Å². The number of benzene rings is 1. The van der Waals surface area contributed by atoms with Gasteiger partial charge in [-0.3, -0.25) is 0 Å². The summed E-state index contributed by atoms with van der Waals surface area (Å²) in [6, 6.07) is 0. The molecule has 1 aromatic rings. The Kier molecular flexibility index (Phi) is 2.37. The molecular weight excluding hydrogens is 217 g/mol. The van der Waals surface area contributed by atoms with Crippen LogP contribution >= 0.6 is 0 Å². The molecule has 0 aliphatic heterocycles. The molecule has 2 nitrogen and oxygen atoms in total. The van der Waals surface area contributed by atoms with Gasteiger partial charge in [-0.2, -0.15) is 4.99 Å². The van der Waals surface area contributed by atoms with Gasteiger partial charge in [-0.1, -0.05) is 6.92 Å². The van der Waals surface area contributed by atoms with Gasteiger partial charge in [0, 0.05) is 0 Å². The quantitative estimate of drug-likeness (QED) is 0.538. The van der Waals surface area contributed by atoms with Gasteiger partial charge in [0.25, 0.3) is 0 Å². The van der Waals surface area contributed by atoms with Crippen molar-refractivity contribution in [1.29, 1.82) is 0 Å². The Morgan fingerprint density at radius 3 is 2.76 bits per heavy atom. The van der Waals surface area contributed by atoms with Crippen molar-refractivity contribution in [1.82, 2.24) is 0 Å². The summed E-state index contributed by atoms with van der Waals surface area (Å²) in [6.07, 6.45) is 5.95. The molecule has 0 bridgehead atoms. The maximum atomic E-state index is 14.3. The average molecular weight is 231 g/mol. The van der Waals surface area contributed by atoms with Crippen molar-refractivity contribution in [2.45, 2.75) is 44.9 Å². The maximum absolute atomic E-state index is 14.3. The van der Waals surface area contributed by atoms with Gasteiger partial charge in [-0.15, -0.1) is 0 Å². The third-order valence-corrected chi connectivity index (χ3v) is 4.09. The Balaban J connectivity index is 2.37. The predicted molar refractivity (Wildman–Crippen MR) is 62.9 cm³/mol. The van der Waals surface area contributed by atoms with E-state index in [1.165, 1.54) is 0 Å². The molecule has 3 heteroatoms. The van der Waals surface area contributed by atoms with Gasteiger partial charge in [0.15, 0.2) is 0 Å². The van der Waals surface area contributed by atoms with Crippen LogP contribution in [-0.4, -0.2) is 6.08 Å². The average Bonchev–Trinajstić information content (AvgIpc) is 2.92. The highest BCUT2D eigenvalue weighted by Crippen LogP contribution is 2.46. The third kappa shape index (κ3) is 1.39. The van der Waals surface area contributed by atoms with Crippen LogP contribution in [0.3, 0.4) is 0 Å². The minimum absolute atomic E-state index is 0.0262. The molecule has 0 N–H and O–H groups in total. The van der Waals surface area contributed by atoms with Crippen LogP contribution in [0.25, 0.3) is 0 Å². The number of aliphatic imine (C=N–C) groups is 1. The summed E-state index contributed by atoms with van der Waals surface area (Å²) in [7, 11) is 0. The third-order valence-electron chi connectivity index (χ3n) is 4.09. The lowest BCUT2D eigenvalue weighted by Gasteiger charge is -2.14. The van der Waals surface area contributed by atoms with Crippen LogP contribution in [0.2, 0.25) is 0 Å². The smallest absolute Gasteiger partial charge is 0.211 e. The number of fused-ring (bicyclic) bond motifs is 2. The first-order valence-corrected chi connectivity index (χ1v) is 6.18. The van der Waals surface area contributed by atoms with Gasteiger partial charge in [0.2, 0.25) is 6.08 Å². The highest BCUT2D eigenvalue weighted by molar-refractivity contribution is 5.67. The fourth-order valence-electron chi connectivity index (χ4n) is 3.31. The second kappa shape index (κ2) is 3.78. The fourth-order valence-corrected chi connectivity index (χ4v) is 3.31. The van der Waals surface area contributed by atoms with Crippen LogP contribution in [0.15, 0.2) is 4.99 Å². The minimum Gasteiger partial charge on any atom is -0.211 e. The van der Waals surface area contributed by atoms with Gasteiger partial charge in [0.05, 0.1) is 5.69 Å². The standard InChI is InChI=1S/C14H14FNO/c1-8-5-6-11-12(8)14(16-7-17)10-4-2-3-9(10)13(11)15/h8H,2-6H2,1H3. The predicted octanol–water partition coefficient (Wildman–Crippen LogP) is 3.33. The Labute approximate surface area is 99.6 Å². The van der Waals surface area contributed by atoms with Crippen LogP contribution in [0, 0.1) is 5.82 Å². The summed E-state index contributed by atoms with van der Waals surface area (Å²) in [5.74, 6) is 0.277. The van der Waals surface area contributed by atoms with E-state index < -0.39 is 0 Å². The molecule has 0 spiro atoms. The summed E-state index contributed by atoms with van der Waals surface area (Å²) in [5.41, 5.74) is 4.25. The molecule has 2 aliphatic rings. The molecule has 0 amide bonds. The summed E-state index contributed by atoms with van der Waals surface area (Å²) >= 11 is 0. The molecule has 0 heterocycles. The topological polar surface area (TPSA) is 29.4 Å². The first-order valence-electron chi connectivity index (χ1n) is 6.18. The largest absolute Gasteiger partial charge is 0.240 e. The number of hydrogen-bond donors (Lipinski definition) is 0. The zero-order chi connectivity index (χ0) is 12.0. The van der Waals surface area contributed by atoms with E-state index in [2.05, 4.69) is 11.9 Å². The number of carbonyl (C=O) groups excluding carboxylic acids is 1. The normalized spacial score (nSPS) is 20.9. The van der Waals surface area contributed by atoms with Crippen LogP contribution < -0.4 is 0 Å². The van der Waals surface area contributed by atoms with Crippen molar-refractivity contribution < 1.29 is 9.18 Å². The Morgan fingerprint density at radius 2 is 2.00 bits per heavy atom. The van der Waals surface area contributed by atoms with E-state index >= 15 is 0 Å². The Bertz CT molecular complexity index is 544. The van der Waals surface area contributed by atoms with E-state index in [0.717, 1.165) is 60.0 Å². The zero-order valence-corrected chi connectivity index (χ0v) is 9.85. The Morgan fingerprint density at radius 1 is 1.24 bits per heavy atom. The second-order valence-electron chi connectivity index (χ2n) is 5.01. The van der Waals surface area contributed by atoms with E-state index in [-0.39, 0.29) is 5.82 Å². The van der Waals surface area contributed by atoms with Crippen LogP contribution in [0.5, 0.6) is 0 Å². The lowest BCUT2D eigenvalue weighted by atomic mass is 9.94. The van der Waals surface area contributed by atoms with Crippen molar-refractivity contribution in [3.05, 3.63) is 28.1 Å². The highest BCUT2D eigenvalue weighted by Gasteiger charge is 2.32. The maximum Gasteiger partial charge on any atom is 0.240 e. The molecule has 17 heavy (non-hydrogen) atoms. The molecule has 0 radical (unpaired) electrons. The van der Waals surface area contributed by atoms with Crippen molar-refractivity contribution in [3.8, 4) is 0 Å². The molecule has 0 saturated carbocycles. The minimum atomic E-state index is -0.0262. The zero-order valence-electron chi connectivity index (χ0n) is 9.85. The van der Waals surface area contributed by atoms with Crippen molar-refractivity contribution in [3.63, 3.8) is 0 Å². The summed E-state index contributed by atoms with van der Waals surface area (Å²) in [5, 5.41) is 0. The monoisotopic (exact) mass is 231 g/mol. The van der Waals surface area contributed by atoms with Crippen LogP contribution in [0.4, 0.5) is 10.1 Å². The second-order valence-corrected chi connectivity index (χ2v) is 5.01. The first-order chi connectivity index (χ1) is 8.24. The van der Waals surface area contributed by atoms with Crippen molar-refractivity contribution in [2.24, 2.45) is 4.99 Å². The summed E-state index contributed by atoms with van der Waals surface area (Å²) in [4.78, 5) is 14.4. The Hall–Kier alpha value is -1.47. The van der Waals surface area contributed by atoms with Crippen LogP contribution in [-0.2, 0) is 24.1 Å². The van der Waals surface area contributed by atoms with Crippen molar-refractivity contribution in [2.75, 3.05) is 0 Å². The van der Waals surface area contributed by atoms with Gasteiger partial charge < -0.3 is 0 Å². The molecule has 0 fully saturated rings. The number of rotatable bonds is 1. The van der Waals surface area contributed by atoms with Crippen molar-refractivity contribution >= 4 is 11.8 Å². The van der Waals surface area contributed by atoms with Gasteiger partial charge in [0.1, 0.15) is 5.82 Å². The number of halogens is 1. The SMILES string of the molecule is CC1CCc2c(F)c3c(c(N=C=O)c21)CCC3. The molecule has 1 atom stereocenters. The van der Waals surface area contributed by atoms with Gasteiger partial charge in [-0.25, -0.2) is 9.18 Å². The number of isocyanates is 1.